The van der Waals surface area contributed by atoms with E-state index >= 15 is 0 Å². The topological polar surface area (TPSA) is 57.5 Å². The first-order chi connectivity index (χ1) is 8.78. The van der Waals surface area contributed by atoms with Gasteiger partial charge in [-0.2, -0.15) is 5.26 Å². The van der Waals surface area contributed by atoms with Gasteiger partial charge in [0.25, 0.3) is 0 Å². The minimum absolute atomic E-state index is 0.0578. The SMILES string of the molecule is CCCNC(C#N)CCN(CCOC)CCOC. The van der Waals surface area contributed by atoms with Crippen molar-refractivity contribution < 1.29 is 9.47 Å². The average Bonchev–Trinajstić information content (AvgIpc) is 2.41. The van der Waals surface area contributed by atoms with E-state index in [0.717, 1.165) is 39.0 Å². The summed E-state index contributed by atoms with van der Waals surface area (Å²) >= 11 is 0. The van der Waals surface area contributed by atoms with Crippen molar-refractivity contribution in [2.45, 2.75) is 25.8 Å². The molecule has 0 spiro atoms. The summed E-state index contributed by atoms with van der Waals surface area (Å²) in [4.78, 5) is 2.27. The van der Waals surface area contributed by atoms with E-state index in [0.29, 0.717) is 13.2 Å². The van der Waals surface area contributed by atoms with E-state index < -0.39 is 0 Å². The number of methoxy groups -OCH3 is 2. The van der Waals surface area contributed by atoms with Gasteiger partial charge in [0.05, 0.1) is 25.3 Å². The first kappa shape index (κ1) is 17.3. The number of nitriles is 1. The van der Waals surface area contributed by atoms with Crippen molar-refractivity contribution in [2.24, 2.45) is 0 Å². The van der Waals surface area contributed by atoms with Gasteiger partial charge >= 0.3 is 0 Å². The third-order valence-electron chi connectivity index (χ3n) is 2.75. The fraction of sp³-hybridized carbons (Fsp3) is 0.923. The molecule has 0 rings (SSSR count). The van der Waals surface area contributed by atoms with Crippen LogP contribution >= 0.6 is 0 Å². The molecule has 0 bridgehead atoms. The predicted octanol–water partition coefficient (Wildman–Crippen LogP) is 0.863. The second-order valence-electron chi connectivity index (χ2n) is 4.25. The third-order valence-corrected chi connectivity index (χ3v) is 2.75. The van der Waals surface area contributed by atoms with Crippen LogP contribution in [0, 0.1) is 11.3 Å². The molecule has 1 unspecified atom stereocenters. The molecule has 5 nitrogen and oxygen atoms in total. The number of ether oxygens (including phenoxy) is 2. The Morgan fingerprint density at radius 1 is 1.17 bits per heavy atom. The van der Waals surface area contributed by atoms with Crippen LogP contribution < -0.4 is 5.32 Å². The normalized spacial score (nSPS) is 12.6. The highest BCUT2D eigenvalue weighted by Crippen LogP contribution is 1.97. The van der Waals surface area contributed by atoms with Crippen molar-refractivity contribution in [2.75, 3.05) is 53.6 Å². The van der Waals surface area contributed by atoms with E-state index in [9.17, 15) is 0 Å². The lowest BCUT2D eigenvalue weighted by Crippen LogP contribution is -2.36. The fourth-order valence-electron chi connectivity index (χ4n) is 1.62. The van der Waals surface area contributed by atoms with Gasteiger partial charge in [0.15, 0.2) is 0 Å². The van der Waals surface area contributed by atoms with Crippen LogP contribution in [-0.4, -0.2) is 64.6 Å². The number of nitrogens with one attached hydrogen (secondary N) is 1. The van der Waals surface area contributed by atoms with Crippen LogP contribution in [0.3, 0.4) is 0 Å². The second-order valence-corrected chi connectivity index (χ2v) is 4.25. The standard InChI is InChI=1S/C13H27N3O2/c1-4-6-15-13(12-14)5-7-16(8-10-17-2)9-11-18-3/h13,15H,4-11H2,1-3H3. The molecule has 0 aliphatic heterocycles. The number of nitrogens with zero attached hydrogens (tertiary/aromatic N) is 2. The summed E-state index contributed by atoms with van der Waals surface area (Å²) in [5.74, 6) is 0. The summed E-state index contributed by atoms with van der Waals surface area (Å²) in [6, 6.07) is 2.25. The van der Waals surface area contributed by atoms with E-state index in [4.69, 9.17) is 14.7 Å². The van der Waals surface area contributed by atoms with Gasteiger partial charge < -0.3 is 14.8 Å². The summed E-state index contributed by atoms with van der Waals surface area (Å²) in [6.07, 6.45) is 1.89. The Bertz CT molecular complexity index is 211. The summed E-state index contributed by atoms with van der Waals surface area (Å²) < 4.78 is 10.2. The molecule has 0 aliphatic rings. The Labute approximate surface area is 111 Å². The first-order valence-electron chi connectivity index (χ1n) is 6.61. The van der Waals surface area contributed by atoms with Gasteiger partial charge in [-0.1, -0.05) is 6.92 Å². The zero-order valence-corrected chi connectivity index (χ0v) is 11.9. The van der Waals surface area contributed by atoms with Crippen LogP contribution in [0.1, 0.15) is 19.8 Å². The van der Waals surface area contributed by atoms with Gasteiger partial charge in [-0.3, -0.25) is 4.90 Å². The molecule has 0 aliphatic carbocycles. The van der Waals surface area contributed by atoms with Gasteiger partial charge in [-0.05, 0) is 19.4 Å². The maximum absolute atomic E-state index is 9.04. The quantitative estimate of drug-likeness (QED) is 0.562. The monoisotopic (exact) mass is 257 g/mol. The van der Waals surface area contributed by atoms with E-state index in [1.165, 1.54) is 0 Å². The molecule has 0 aromatic rings. The Morgan fingerprint density at radius 3 is 2.22 bits per heavy atom. The second kappa shape index (κ2) is 12.8. The molecule has 18 heavy (non-hydrogen) atoms. The molecule has 0 saturated heterocycles. The molecule has 106 valence electrons. The van der Waals surface area contributed by atoms with Crippen LogP contribution in [0.4, 0.5) is 0 Å². The van der Waals surface area contributed by atoms with Gasteiger partial charge in [-0.25, -0.2) is 0 Å². The molecule has 0 fully saturated rings. The lowest BCUT2D eigenvalue weighted by atomic mass is 10.2. The van der Waals surface area contributed by atoms with Crippen molar-refractivity contribution in [3.05, 3.63) is 0 Å². The maximum atomic E-state index is 9.04. The highest BCUT2D eigenvalue weighted by Gasteiger charge is 2.10. The van der Waals surface area contributed by atoms with Crippen LogP contribution in [0.2, 0.25) is 0 Å². The first-order valence-corrected chi connectivity index (χ1v) is 6.61. The van der Waals surface area contributed by atoms with Gasteiger partial charge in [0.2, 0.25) is 0 Å². The zero-order chi connectivity index (χ0) is 13.6. The Balaban J connectivity index is 3.93. The summed E-state index contributed by atoms with van der Waals surface area (Å²) in [6.45, 7) is 7.07. The summed E-state index contributed by atoms with van der Waals surface area (Å²) in [5.41, 5.74) is 0. The van der Waals surface area contributed by atoms with E-state index in [1.54, 1.807) is 14.2 Å². The molecule has 5 heteroatoms. The molecule has 1 N–H and O–H groups in total. The predicted molar refractivity (Wildman–Crippen MR) is 72.5 cm³/mol. The third kappa shape index (κ3) is 9.37. The summed E-state index contributed by atoms with van der Waals surface area (Å²) in [5, 5.41) is 12.3. The van der Waals surface area contributed by atoms with Crippen LogP contribution in [0.5, 0.6) is 0 Å². The van der Waals surface area contributed by atoms with E-state index in [2.05, 4.69) is 23.2 Å². The zero-order valence-electron chi connectivity index (χ0n) is 11.9. The largest absolute Gasteiger partial charge is 0.383 e. The van der Waals surface area contributed by atoms with Gasteiger partial charge in [-0.15, -0.1) is 0 Å². The molecule has 0 saturated carbocycles. The molecule has 0 radical (unpaired) electrons. The number of hydrogen-bond donors (Lipinski definition) is 1. The number of rotatable bonds is 12. The Morgan fingerprint density at radius 2 is 1.78 bits per heavy atom. The molecule has 0 amide bonds. The van der Waals surface area contributed by atoms with Crippen molar-refractivity contribution in [3.63, 3.8) is 0 Å². The minimum atomic E-state index is -0.0578. The smallest absolute Gasteiger partial charge is 0.0965 e. The molecule has 0 aromatic carbocycles. The molecular formula is C13H27N3O2. The Hall–Kier alpha value is -0.670. The van der Waals surface area contributed by atoms with Gasteiger partial charge in [0, 0.05) is 33.9 Å². The number of hydrogen-bond acceptors (Lipinski definition) is 5. The molecular weight excluding hydrogens is 230 g/mol. The molecule has 0 aromatic heterocycles. The highest BCUT2D eigenvalue weighted by molar-refractivity contribution is 4.90. The van der Waals surface area contributed by atoms with E-state index in [-0.39, 0.29) is 6.04 Å². The van der Waals surface area contributed by atoms with Crippen LogP contribution in [-0.2, 0) is 9.47 Å². The lowest BCUT2D eigenvalue weighted by molar-refractivity contribution is 0.112. The lowest BCUT2D eigenvalue weighted by Gasteiger charge is -2.22. The van der Waals surface area contributed by atoms with Crippen molar-refractivity contribution in [1.29, 1.82) is 5.26 Å². The molecule has 1 atom stereocenters. The van der Waals surface area contributed by atoms with Crippen LogP contribution in [0.15, 0.2) is 0 Å². The maximum Gasteiger partial charge on any atom is 0.0965 e. The minimum Gasteiger partial charge on any atom is -0.383 e. The van der Waals surface area contributed by atoms with Crippen molar-refractivity contribution in [1.82, 2.24) is 10.2 Å². The molecule has 0 heterocycles. The van der Waals surface area contributed by atoms with Crippen molar-refractivity contribution >= 4 is 0 Å². The van der Waals surface area contributed by atoms with Crippen LogP contribution in [0.25, 0.3) is 0 Å². The van der Waals surface area contributed by atoms with E-state index in [1.807, 2.05) is 0 Å². The highest BCUT2D eigenvalue weighted by atomic mass is 16.5. The van der Waals surface area contributed by atoms with Gasteiger partial charge in [0.1, 0.15) is 0 Å². The fourth-order valence-corrected chi connectivity index (χ4v) is 1.62. The van der Waals surface area contributed by atoms with Crippen molar-refractivity contribution in [3.8, 4) is 6.07 Å². The summed E-state index contributed by atoms with van der Waals surface area (Å²) in [7, 11) is 3.41. The Kier molecular flexibility index (Phi) is 12.3. The average molecular weight is 257 g/mol.